The molecule has 0 bridgehead atoms. The van der Waals surface area contributed by atoms with Crippen molar-refractivity contribution in [1.29, 1.82) is 0 Å². The first-order valence-electron chi connectivity index (χ1n) is 6.28. The first kappa shape index (κ1) is 11.2. The molecule has 0 aromatic carbocycles. The molecule has 0 saturated carbocycles. The second-order valence-electron chi connectivity index (χ2n) is 4.61. The van der Waals surface area contributed by atoms with E-state index in [4.69, 9.17) is 5.73 Å². The Labute approximate surface area is 97.7 Å². The zero-order valence-electron chi connectivity index (χ0n) is 10.0. The molecule has 1 aromatic heterocycles. The molecule has 2 heterocycles. The molecule has 2 rings (SSSR count). The Morgan fingerprint density at radius 3 is 3.06 bits per heavy atom. The van der Waals surface area contributed by atoms with Crippen molar-refractivity contribution in [3.63, 3.8) is 0 Å². The Morgan fingerprint density at radius 1 is 1.44 bits per heavy atom. The highest BCUT2D eigenvalue weighted by Gasteiger charge is 2.21. The van der Waals surface area contributed by atoms with E-state index in [-0.39, 0.29) is 0 Å². The van der Waals surface area contributed by atoms with Gasteiger partial charge >= 0.3 is 0 Å². The number of nitrogens with zero attached hydrogens (tertiary/aromatic N) is 2. The van der Waals surface area contributed by atoms with Gasteiger partial charge in [0.2, 0.25) is 0 Å². The molecule has 0 radical (unpaired) electrons. The Hall–Kier alpha value is -1.25. The minimum atomic E-state index is 0.683. The zero-order valence-corrected chi connectivity index (χ0v) is 10.0. The van der Waals surface area contributed by atoms with Crippen LogP contribution in [0.4, 0.5) is 11.4 Å². The molecular formula is C13H21N3. The number of pyridine rings is 1. The van der Waals surface area contributed by atoms with Gasteiger partial charge in [-0.1, -0.05) is 13.3 Å². The number of rotatable bonds is 3. The minimum absolute atomic E-state index is 0.683. The summed E-state index contributed by atoms with van der Waals surface area (Å²) in [6.45, 7) is 3.40. The number of hydrogen-bond donors (Lipinski definition) is 1. The van der Waals surface area contributed by atoms with Crippen molar-refractivity contribution >= 4 is 11.4 Å². The second kappa shape index (κ2) is 5.19. The maximum absolute atomic E-state index is 5.80. The van der Waals surface area contributed by atoms with E-state index < -0.39 is 0 Å². The standard InChI is InChI=1S/C13H21N3/c1-2-5-12-6-3-4-7-16(12)13-8-11(14)9-15-10-13/h8-10,12H,2-7,14H2,1H3. The van der Waals surface area contributed by atoms with Gasteiger partial charge in [0.15, 0.2) is 0 Å². The molecule has 0 aliphatic carbocycles. The number of piperidine rings is 1. The maximum atomic E-state index is 5.80. The number of nitrogen functional groups attached to an aromatic ring is 1. The third-order valence-corrected chi connectivity index (χ3v) is 3.33. The van der Waals surface area contributed by atoms with E-state index in [0.717, 1.165) is 12.2 Å². The largest absolute Gasteiger partial charge is 0.397 e. The lowest BCUT2D eigenvalue weighted by Crippen LogP contribution is -2.39. The summed E-state index contributed by atoms with van der Waals surface area (Å²) in [5.41, 5.74) is 7.75. The lowest BCUT2D eigenvalue weighted by Gasteiger charge is -2.37. The van der Waals surface area contributed by atoms with Crippen LogP contribution in [-0.2, 0) is 0 Å². The summed E-state index contributed by atoms with van der Waals surface area (Å²) in [6.07, 6.45) is 10.1. The van der Waals surface area contributed by atoms with Gasteiger partial charge in [-0.3, -0.25) is 4.98 Å². The lowest BCUT2D eigenvalue weighted by molar-refractivity contribution is 0.434. The first-order chi connectivity index (χ1) is 7.81. The van der Waals surface area contributed by atoms with Crippen molar-refractivity contribution in [1.82, 2.24) is 4.98 Å². The third-order valence-electron chi connectivity index (χ3n) is 3.33. The van der Waals surface area contributed by atoms with Crippen molar-refractivity contribution in [2.75, 3.05) is 17.2 Å². The van der Waals surface area contributed by atoms with Crippen LogP contribution in [0.2, 0.25) is 0 Å². The van der Waals surface area contributed by atoms with Crippen molar-refractivity contribution in [2.24, 2.45) is 0 Å². The SMILES string of the molecule is CCCC1CCCCN1c1cncc(N)c1. The summed E-state index contributed by atoms with van der Waals surface area (Å²) in [4.78, 5) is 6.67. The Kier molecular flexibility index (Phi) is 3.65. The minimum Gasteiger partial charge on any atom is -0.397 e. The Bertz CT molecular complexity index is 336. The molecule has 0 amide bonds. The summed E-state index contributed by atoms with van der Waals surface area (Å²) in [5.74, 6) is 0. The highest BCUT2D eigenvalue weighted by atomic mass is 15.2. The van der Waals surface area contributed by atoms with Crippen LogP contribution >= 0.6 is 0 Å². The predicted molar refractivity (Wildman–Crippen MR) is 68.5 cm³/mol. The molecule has 1 aromatic rings. The fourth-order valence-corrected chi connectivity index (χ4v) is 2.58. The van der Waals surface area contributed by atoms with Gasteiger partial charge in [0.1, 0.15) is 0 Å². The number of anilines is 2. The molecule has 16 heavy (non-hydrogen) atoms. The van der Waals surface area contributed by atoms with Crippen LogP contribution in [0.15, 0.2) is 18.5 Å². The van der Waals surface area contributed by atoms with E-state index in [0.29, 0.717) is 6.04 Å². The molecule has 0 spiro atoms. The van der Waals surface area contributed by atoms with Gasteiger partial charge in [0.25, 0.3) is 0 Å². The Balaban J connectivity index is 2.16. The van der Waals surface area contributed by atoms with Crippen LogP contribution in [0.1, 0.15) is 39.0 Å². The van der Waals surface area contributed by atoms with Crippen molar-refractivity contribution in [2.45, 2.75) is 45.1 Å². The molecule has 1 fully saturated rings. The summed E-state index contributed by atoms with van der Waals surface area (Å²) in [5, 5.41) is 0. The molecule has 2 N–H and O–H groups in total. The summed E-state index contributed by atoms with van der Waals surface area (Å²) < 4.78 is 0. The molecule has 1 atom stereocenters. The smallest absolute Gasteiger partial charge is 0.0575 e. The predicted octanol–water partition coefficient (Wildman–Crippen LogP) is 2.82. The normalized spacial score (nSPS) is 21.1. The van der Waals surface area contributed by atoms with E-state index in [1.807, 2.05) is 12.3 Å². The van der Waals surface area contributed by atoms with Gasteiger partial charge in [-0.2, -0.15) is 0 Å². The molecule has 1 aliphatic rings. The van der Waals surface area contributed by atoms with Crippen LogP contribution in [0.3, 0.4) is 0 Å². The van der Waals surface area contributed by atoms with Crippen LogP contribution in [0, 0.1) is 0 Å². The van der Waals surface area contributed by atoms with Gasteiger partial charge in [-0.05, 0) is 31.7 Å². The highest BCUT2D eigenvalue weighted by molar-refractivity contribution is 5.54. The average molecular weight is 219 g/mol. The average Bonchev–Trinajstić information content (AvgIpc) is 2.30. The molecule has 1 aliphatic heterocycles. The topological polar surface area (TPSA) is 42.2 Å². The van der Waals surface area contributed by atoms with Crippen molar-refractivity contribution in [3.8, 4) is 0 Å². The fourth-order valence-electron chi connectivity index (χ4n) is 2.58. The maximum Gasteiger partial charge on any atom is 0.0575 e. The van der Waals surface area contributed by atoms with E-state index in [2.05, 4.69) is 16.8 Å². The lowest BCUT2D eigenvalue weighted by atomic mass is 9.98. The second-order valence-corrected chi connectivity index (χ2v) is 4.61. The van der Waals surface area contributed by atoms with E-state index in [1.165, 1.54) is 37.8 Å². The van der Waals surface area contributed by atoms with Gasteiger partial charge in [-0.15, -0.1) is 0 Å². The van der Waals surface area contributed by atoms with Crippen LogP contribution in [-0.4, -0.2) is 17.6 Å². The number of hydrogen-bond acceptors (Lipinski definition) is 3. The molecular weight excluding hydrogens is 198 g/mol. The van der Waals surface area contributed by atoms with Gasteiger partial charge in [-0.25, -0.2) is 0 Å². The number of nitrogens with two attached hydrogens (primary N) is 1. The van der Waals surface area contributed by atoms with Crippen LogP contribution < -0.4 is 10.6 Å². The molecule has 3 nitrogen and oxygen atoms in total. The van der Waals surface area contributed by atoms with Gasteiger partial charge in [0.05, 0.1) is 17.6 Å². The van der Waals surface area contributed by atoms with Crippen LogP contribution in [0.25, 0.3) is 0 Å². The van der Waals surface area contributed by atoms with E-state index in [1.54, 1.807) is 6.20 Å². The van der Waals surface area contributed by atoms with Crippen molar-refractivity contribution in [3.05, 3.63) is 18.5 Å². The molecule has 88 valence electrons. The van der Waals surface area contributed by atoms with Gasteiger partial charge < -0.3 is 10.6 Å². The quantitative estimate of drug-likeness (QED) is 0.850. The number of aromatic nitrogens is 1. The fraction of sp³-hybridized carbons (Fsp3) is 0.615. The third kappa shape index (κ3) is 2.46. The summed E-state index contributed by atoms with van der Waals surface area (Å²) >= 11 is 0. The molecule has 1 saturated heterocycles. The first-order valence-corrected chi connectivity index (χ1v) is 6.28. The van der Waals surface area contributed by atoms with Crippen molar-refractivity contribution < 1.29 is 0 Å². The van der Waals surface area contributed by atoms with E-state index >= 15 is 0 Å². The Morgan fingerprint density at radius 2 is 2.31 bits per heavy atom. The zero-order chi connectivity index (χ0) is 11.4. The van der Waals surface area contributed by atoms with Crippen LogP contribution in [0.5, 0.6) is 0 Å². The van der Waals surface area contributed by atoms with E-state index in [9.17, 15) is 0 Å². The monoisotopic (exact) mass is 219 g/mol. The van der Waals surface area contributed by atoms with Gasteiger partial charge in [0, 0.05) is 18.8 Å². The summed E-state index contributed by atoms with van der Waals surface area (Å²) in [6, 6.07) is 2.73. The molecule has 3 heteroatoms. The molecule has 1 unspecified atom stereocenters. The summed E-state index contributed by atoms with van der Waals surface area (Å²) in [7, 11) is 0. The highest BCUT2D eigenvalue weighted by Crippen LogP contribution is 2.27.